The molecular weight excluding hydrogens is 349 g/mol. The summed E-state index contributed by atoms with van der Waals surface area (Å²) in [6.45, 7) is 22.7. The zero-order valence-corrected chi connectivity index (χ0v) is 20.7. The highest BCUT2D eigenvalue weighted by molar-refractivity contribution is 7.72. The summed E-state index contributed by atoms with van der Waals surface area (Å²) < 4.78 is 0. The van der Waals surface area contributed by atoms with Crippen LogP contribution in [0.15, 0.2) is 42.5 Å². The van der Waals surface area contributed by atoms with Gasteiger partial charge in [-0.3, -0.25) is 0 Å². The van der Waals surface area contributed by atoms with Crippen LogP contribution in [0.3, 0.4) is 0 Å². The summed E-state index contributed by atoms with van der Waals surface area (Å²) in [4.78, 5) is 0. The number of hydrogen-bond donors (Lipinski definition) is 0. The number of rotatable bonds is 5. The minimum Gasteiger partial charge on any atom is -0.0713 e. The molecule has 0 aliphatic rings. The van der Waals surface area contributed by atoms with Gasteiger partial charge in [-0.05, 0) is 43.5 Å². The zero-order chi connectivity index (χ0) is 19.0. The average Bonchev–Trinajstić information content (AvgIpc) is 2.44. The van der Waals surface area contributed by atoms with E-state index in [1.54, 1.807) is 10.8 Å². The highest BCUT2D eigenvalue weighted by Crippen LogP contribution is 2.34. The van der Waals surface area contributed by atoms with E-state index in [0.29, 0.717) is 0 Å². The van der Waals surface area contributed by atoms with Gasteiger partial charge in [-0.1, -0.05) is 92.5 Å². The van der Waals surface area contributed by atoms with Crippen molar-refractivity contribution in [1.82, 2.24) is 0 Å². The van der Waals surface area contributed by atoms with Gasteiger partial charge in [0.25, 0.3) is 0 Å². The quantitative estimate of drug-likeness (QED) is 0.564. The van der Waals surface area contributed by atoms with Gasteiger partial charge in [0.15, 0.2) is 0 Å². The van der Waals surface area contributed by atoms with Crippen molar-refractivity contribution in [2.75, 3.05) is 0 Å². The summed E-state index contributed by atoms with van der Waals surface area (Å²) in [5, 5.41) is 1.72. The Morgan fingerprint density at radius 1 is 0.680 bits per heavy atom. The maximum atomic E-state index is 2.64. The predicted octanol–water partition coefficient (Wildman–Crippen LogP) is 5.88. The third-order valence-electron chi connectivity index (χ3n) is 6.11. The van der Waals surface area contributed by atoms with Crippen LogP contribution in [-0.2, 0) is 6.04 Å². The molecule has 2 aromatic carbocycles. The summed E-state index contributed by atoms with van der Waals surface area (Å²) in [6.07, 6.45) is 0. The Balaban J connectivity index is 2.77. The molecule has 0 saturated carbocycles. The molecule has 0 amide bonds. The lowest BCUT2D eigenvalue weighted by Gasteiger charge is -2.51. The molecule has 0 bridgehead atoms. The van der Waals surface area contributed by atoms with Gasteiger partial charge in [0.05, 0.1) is 7.11 Å². The van der Waals surface area contributed by atoms with E-state index in [1.807, 2.05) is 0 Å². The van der Waals surface area contributed by atoms with E-state index in [1.165, 1.54) is 22.7 Å². The molecule has 0 aromatic heterocycles. The lowest BCUT2D eigenvalue weighted by molar-refractivity contribution is 1.19. The summed E-state index contributed by atoms with van der Waals surface area (Å²) >= 11 is 0. The molecule has 0 atom stereocenters. The van der Waals surface area contributed by atoms with Crippen molar-refractivity contribution >= 4 is 27.5 Å². The average molecular weight is 385 g/mol. The van der Waals surface area contributed by atoms with Crippen LogP contribution in [0.25, 0.3) is 0 Å². The Hall–Kier alpha value is -0.909. The molecule has 0 unspecified atom stereocenters. The summed E-state index contributed by atoms with van der Waals surface area (Å²) in [7, 11) is -4.33. The molecule has 0 heterocycles. The predicted molar refractivity (Wildman–Crippen MR) is 123 cm³/mol. The molecule has 136 valence electrons. The standard InChI is InChI=1S/C22H36Si3/c1-18-15-19(2)22(20(3)16-18)17-25(23(4,5)6,24(7,8)9)21-13-11-10-12-14-21/h10-16H,17H2,1-9H3. The topological polar surface area (TPSA) is 0 Å². The summed E-state index contributed by atoms with van der Waals surface area (Å²) in [6, 6.07) is 17.8. The van der Waals surface area contributed by atoms with Gasteiger partial charge >= 0.3 is 0 Å². The molecular formula is C22H36Si3. The van der Waals surface area contributed by atoms with Crippen LogP contribution >= 0.6 is 0 Å². The SMILES string of the molecule is Cc1cc(C)c(C[Si](c2ccccc2)([Si](C)(C)C)[Si](C)(C)C)c(C)c1. The van der Waals surface area contributed by atoms with E-state index in [2.05, 4.69) is 103 Å². The number of hydrogen-bond acceptors (Lipinski definition) is 0. The Labute approximate surface area is 158 Å². The summed E-state index contributed by atoms with van der Waals surface area (Å²) in [5.74, 6) is 0. The molecule has 25 heavy (non-hydrogen) atoms. The van der Waals surface area contributed by atoms with Crippen LogP contribution in [0.2, 0.25) is 39.3 Å². The second-order valence-electron chi connectivity index (χ2n) is 9.83. The molecule has 0 radical (unpaired) electrons. The molecule has 0 spiro atoms. The second kappa shape index (κ2) is 7.01. The Kier molecular flexibility index (Phi) is 5.72. The Bertz CT molecular complexity index is 697. The molecule has 0 aliphatic carbocycles. The molecule has 0 fully saturated rings. The monoisotopic (exact) mass is 384 g/mol. The van der Waals surface area contributed by atoms with Crippen LogP contribution in [0.5, 0.6) is 0 Å². The molecule has 0 N–H and O–H groups in total. The minimum atomic E-state index is -1.62. The zero-order valence-electron chi connectivity index (χ0n) is 17.7. The smallest absolute Gasteiger partial charge is 0.0713 e. The van der Waals surface area contributed by atoms with Gasteiger partial charge in [0.2, 0.25) is 0 Å². The second-order valence-corrected chi connectivity index (χ2v) is 37.2. The number of benzene rings is 2. The third kappa shape index (κ3) is 3.79. The van der Waals surface area contributed by atoms with E-state index in [-0.39, 0.29) is 0 Å². The maximum absolute atomic E-state index is 2.64. The van der Waals surface area contributed by atoms with E-state index in [0.717, 1.165) is 0 Å². The van der Waals surface area contributed by atoms with Gasteiger partial charge in [-0.2, -0.15) is 0 Å². The molecule has 2 rings (SSSR count). The van der Waals surface area contributed by atoms with Crippen molar-refractivity contribution in [3.63, 3.8) is 0 Å². The fraction of sp³-hybridized carbons (Fsp3) is 0.455. The van der Waals surface area contributed by atoms with Crippen molar-refractivity contribution in [2.45, 2.75) is 66.1 Å². The maximum Gasteiger partial charge on any atom is 0.0777 e. The van der Waals surface area contributed by atoms with Crippen LogP contribution in [-0.4, -0.2) is 22.3 Å². The first kappa shape index (κ1) is 20.4. The van der Waals surface area contributed by atoms with Crippen molar-refractivity contribution in [2.24, 2.45) is 0 Å². The number of aryl methyl sites for hydroxylation is 3. The Morgan fingerprint density at radius 2 is 1.12 bits per heavy atom. The fourth-order valence-corrected chi connectivity index (χ4v) is 49.6. The highest BCUT2D eigenvalue weighted by atomic mass is 29.6. The highest BCUT2D eigenvalue weighted by Gasteiger charge is 2.55. The largest absolute Gasteiger partial charge is 0.0777 e. The van der Waals surface area contributed by atoms with E-state index < -0.39 is 22.3 Å². The summed E-state index contributed by atoms with van der Waals surface area (Å²) in [5.41, 5.74) is 6.04. The normalized spacial score (nSPS) is 13.2. The molecule has 0 nitrogen and oxygen atoms in total. The lowest BCUT2D eigenvalue weighted by atomic mass is 10.0. The first-order valence-electron chi connectivity index (χ1n) is 9.52. The molecule has 0 aliphatic heterocycles. The van der Waals surface area contributed by atoms with Gasteiger partial charge in [-0.15, -0.1) is 0 Å². The van der Waals surface area contributed by atoms with Crippen LogP contribution in [0.1, 0.15) is 22.3 Å². The minimum absolute atomic E-state index is 1.33. The fourth-order valence-electron chi connectivity index (χ4n) is 5.10. The van der Waals surface area contributed by atoms with Crippen LogP contribution < -0.4 is 5.19 Å². The molecule has 0 saturated heterocycles. The first-order chi connectivity index (χ1) is 11.4. The van der Waals surface area contributed by atoms with Crippen molar-refractivity contribution in [3.05, 3.63) is 64.7 Å². The first-order valence-corrected chi connectivity index (χ1v) is 20.7. The van der Waals surface area contributed by atoms with E-state index in [4.69, 9.17) is 0 Å². The van der Waals surface area contributed by atoms with Crippen molar-refractivity contribution in [1.29, 1.82) is 0 Å². The van der Waals surface area contributed by atoms with Crippen molar-refractivity contribution < 1.29 is 0 Å². The van der Waals surface area contributed by atoms with Gasteiger partial charge in [0.1, 0.15) is 0 Å². The van der Waals surface area contributed by atoms with Crippen LogP contribution in [0.4, 0.5) is 0 Å². The third-order valence-corrected chi connectivity index (χ3v) is 45.1. The lowest BCUT2D eigenvalue weighted by Crippen LogP contribution is -2.79. The molecule has 3 heteroatoms. The van der Waals surface area contributed by atoms with Gasteiger partial charge < -0.3 is 0 Å². The van der Waals surface area contributed by atoms with Crippen LogP contribution in [0, 0.1) is 20.8 Å². The Morgan fingerprint density at radius 3 is 1.52 bits per heavy atom. The van der Waals surface area contributed by atoms with E-state index in [9.17, 15) is 0 Å². The van der Waals surface area contributed by atoms with Gasteiger partial charge in [0, 0.05) is 15.2 Å². The van der Waals surface area contributed by atoms with Gasteiger partial charge in [-0.25, -0.2) is 0 Å². The molecule has 2 aromatic rings. The van der Waals surface area contributed by atoms with E-state index >= 15 is 0 Å². The van der Waals surface area contributed by atoms with Crippen molar-refractivity contribution in [3.8, 4) is 0 Å².